The van der Waals surface area contributed by atoms with E-state index in [2.05, 4.69) is 27.2 Å². The highest BCUT2D eigenvalue weighted by Gasteiger charge is 2.18. The van der Waals surface area contributed by atoms with Crippen molar-refractivity contribution in [2.75, 3.05) is 31.5 Å². The van der Waals surface area contributed by atoms with Crippen LogP contribution in [-0.2, 0) is 13.1 Å². The van der Waals surface area contributed by atoms with Crippen LogP contribution in [-0.4, -0.2) is 41.9 Å². The monoisotopic (exact) mass is 409 g/mol. The summed E-state index contributed by atoms with van der Waals surface area (Å²) >= 11 is 6.09. The van der Waals surface area contributed by atoms with Crippen molar-refractivity contribution in [2.45, 2.75) is 13.1 Å². The number of amides is 1. The number of piperazine rings is 1. The molecule has 150 valence electrons. The second-order valence-electron chi connectivity index (χ2n) is 7.26. The SMILES string of the molecule is O=C(Nc1ccc(CN2CCN(Cc3ccco3)CC2)cc1)c1ccccc1Cl. The molecular weight excluding hydrogens is 386 g/mol. The van der Waals surface area contributed by atoms with E-state index in [-0.39, 0.29) is 5.91 Å². The van der Waals surface area contributed by atoms with E-state index in [0.29, 0.717) is 10.6 Å². The number of anilines is 1. The number of nitrogens with one attached hydrogen (secondary N) is 1. The number of hydrogen-bond donors (Lipinski definition) is 1. The Morgan fingerprint density at radius 3 is 2.24 bits per heavy atom. The number of carbonyl (C=O) groups is 1. The van der Waals surface area contributed by atoms with Crippen LogP contribution in [0, 0.1) is 0 Å². The highest BCUT2D eigenvalue weighted by molar-refractivity contribution is 6.34. The molecule has 0 spiro atoms. The van der Waals surface area contributed by atoms with Crippen LogP contribution in [0.2, 0.25) is 5.02 Å². The molecule has 5 nitrogen and oxygen atoms in total. The first-order valence-corrected chi connectivity index (χ1v) is 10.2. The van der Waals surface area contributed by atoms with Crippen molar-refractivity contribution in [3.63, 3.8) is 0 Å². The third-order valence-electron chi connectivity index (χ3n) is 5.16. The molecule has 6 heteroatoms. The lowest BCUT2D eigenvalue weighted by Crippen LogP contribution is -2.45. The standard InChI is InChI=1S/C23H24ClN3O2/c24-22-6-2-1-5-21(22)23(28)25-19-9-7-18(8-10-19)16-26-11-13-27(14-12-26)17-20-4-3-15-29-20/h1-10,15H,11-14,16-17H2,(H,25,28). The zero-order valence-corrected chi connectivity index (χ0v) is 16.9. The topological polar surface area (TPSA) is 48.7 Å². The maximum absolute atomic E-state index is 12.4. The number of benzene rings is 2. The van der Waals surface area contributed by atoms with Gasteiger partial charge in [-0.05, 0) is 42.0 Å². The molecule has 2 aromatic carbocycles. The van der Waals surface area contributed by atoms with E-state index >= 15 is 0 Å². The Morgan fingerprint density at radius 1 is 0.897 bits per heavy atom. The van der Waals surface area contributed by atoms with Gasteiger partial charge in [0.1, 0.15) is 5.76 Å². The van der Waals surface area contributed by atoms with Gasteiger partial charge in [-0.1, -0.05) is 35.9 Å². The number of carbonyl (C=O) groups excluding carboxylic acids is 1. The van der Waals surface area contributed by atoms with Crippen LogP contribution in [0.25, 0.3) is 0 Å². The summed E-state index contributed by atoms with van der Waals surface area (Å²) in [5.74, 6) is 0.823. The van der Waals surface area contributed by atoms with Crippen LogP contribution in [0.15, 0.2) is 71.3 Å². The zero-order chi connectivity index (χ0) is 20.1. The summed E-state index contributed by atoms with van der Waals surface area (Å²) in [6.07, 6.45) is 1.73. The third kappa shape index (κ3) is 5.26. The molecule has 0 saturated carbocycles. The zero-order valence-electron chi connectivity index (χ0n) is 16.2. The summed E-state index contributed by atoms with van der Waals surface area (Å²) in [5.41, 5.74) is 2.48. The molecule has 1 aliphatic heterocycles. The molecule has 0 atom stereocenters. The second kappa shape index (κ2) is 9.27. The maximum Gasteiger partial charge on any atom is 0.257 e. The maximum atomic E-state index is 12.4. The van der Waals surface area contributed by atoms with Gasteiger partial charge in [0.2, 0.25) is 0 Å². The van der Waals surface area contributed by atoms with Gasteiger partial charge in [-0.2, -0.15) is 0 Å². The van der Waals surface area contributed by atoms with Gasteiger partial charge in [-0.3, -0.25) is 14.6 Å². The van der Waals surface area contributed by atoms with Crippen molar-refractivity contribution in [3.05, 3.63) is 88.8 Å². The molecule has 1 aliphatic rings. The molecule has 0 unspecified atom stereocenters. The Bertz CT molecular complexity index is 933. The lowest BCUT2D eigenvalue weighted by molar-refractivity contribution is 0.102. The molecule has 4 rings (SSSR count). The molecule has 2 heterocycles. The predicted octanol–water partition coefficient (Wildman–Crippen LogP) is 4.50. The Hall–Kier alpha value is -2.60. The van der Waals surface area contributed by atoms with E-state index in [1.807, 2.05) is 30.3 Å². The van der Waals surface area contributed by atoms with E-state index in [9.17, 15) is 4.79 Å². The van der Waals surface area contributed by atoms with Gasteiger partial charge in [-0.25, -0.2) is 0 Å². The second-order valence-corrected chi connectivity index (χ2v) is 7.67. The summed E-state index contributed by atoms with van der Waals surface area (Å²) in [6.45, 7) is 5.92. The van der Waals surface area contributed by atoms with Crippen molar-refractivity contribution in [3.8, 4) is 0 Å². The molecule has 0 radical (unpaired) electrons. The Labute approximate surface area is 175 Å². The number of furan rings is 1. The highest BCUT2D eigenvalue weighted by Crippen LogP contribution is 2.18. The summed E-state index contributed by atoms with van der Waals surface area (Å²) in [4.78, 5) is 17.2. The van der Waals surface area contributed by atoms with Crippen LogP contribution in [0.4, 0.5) is 5.69 Å². The number of hydrogen-bond acceptors (Lipinski definition) is 4. The van der Waals surface area contributed by atoms with Gasteiger partial charge in [0.25, 0.3) is 5.91 Å². The van der Waals surface area contributed by atoms with Gasteiger partial charge < -0.3 is 9.73 Å². The van der Waals surface area contributed by atoms with E-state index in [4.69, 9.17) is 16.0 Å². The van der Waals surface area contributed by atoms with Crippen molar-refractivity contribution < 1.29 is 9.21 Å². The molecular formula is C23H24ClN3O2. The Kier molecular flexibility index (Phi) is 6.30. The normalized spacial score (nSPS) is 15.3. The average Bonchev–Trinajstić information content (AvgIpc) is 3.24. The fourth-order valence-corrected chi connectivity index (χ4v) is 3.75. The minimum Gasteiger partial charge on any atom is -0.468 e. The smallest absolute Gasteiger partial charge is 0.257 e. The largest absolute Gasteiger partial charge is 0.468 e. The fraction of sp³-hybridized carbons (Fsp3) is 0.261. The lowest BCUT2D eigenvalue weighted by atomic mass is 10.1. The Balaban J connectivity index is 1.27. The van der Waals surface area contributed by atoms with Crippen molar-refractivity contribution in [2.24, 2.45) is 0 Å². The van der Waals surface area contributed by atoms with Crippen LogP contribution in [0.1, 0.15) is 21.7 Å². The van der Waals surface area contributed by atoms with Crippen LogP contribution in [0.3, 0.4) is 0 Å². The average molecular weight is 410 g/mol. The number of rotatable bonds is 6. The minimum absolute atomic E-state index is 0.198. The first-order chi connectivity index (χ1) is 14.2. The van der Waals surface area contributed by atoms with Crippen LogP contribution < -0.4 is 5.32 Å². The summed E-state index contributed by atoms with van der Waals surface area (Å²) in [7, 11) is 0. The molecule has 1 aromatic heterocycles. The van der Waals surface area contributed by atoms with Crippen molar-refractivity contribution >= 4 is 23.2 Å². The Morgan fingerprint density at radius 2 is 1.59 bits per heavy atom. The van der Waals surface area contributed by atoms with Crippen molar-refractivity contribution in [1.82, 2.24) is 9.80 Å². The van der Waals surface area contributed by atoms with Crippen molar-refractivity contribution in [1.29, 1.82) is 0 Å². The molecule has 0 bridgehead atoms. The van der Waals surface area contributed by atoms with Gasteiger partial charge in [0.05, 0.1) is 23.4 Å². The van der Waals surface area contributed by atoms with Crippen LogP contribution in [0.5, 0.6) is 0 Å². The molecule has 29 heavy (non-hydrogen) atoms. The number of halogens is 1. The summed E-state index contributed by atoms with van der Waals surface area (Å²) < 4.78 is 5.44. The third-order valence-corrected chi connectivity index (χ3v) is 5.49. The molecule has 1 saturated heterocycles. The number of nitrogens with zero attached hydrogens (tertiary/aromatic N) is 2. The van der Waals surface area contributed by atoms with Gasteiger partial charge in [-0.15, -0.1) is 0 Å². The summed E-state index contributed by atoms with van der Waals surface area (Å²) in [5, 5.41) is 3.36. The first-order valence-electron chi connectivity index (χ1n) is 9.79. The summed E-state index contributed by atoms with van der Waals surface area (Å²) in [6, 6.07) is 19.0. The molecule has 0 aliphatic carbocycles. The molecule has 1 N–H and O–H groups in total. The van der Waals surface area contributed by atoms with Gasteiger partial charge >= 0.3 is 0 Å². The molecule has 1 fully saturated rings. The van der Waals surface area contributed by atoms with Gasteiger partial charge in [0.15, 0.2) is 0 Å². The van der Waals surface area contributed by atoms with E-state index < -0.39 is 0 Å². The highest BCUT2D eigenvalue weighted by atomic mass is 35.5. The fourth-order valence-electron chi connectivity index (χ4n) is 3.52. The quantitative estimate of drug-likeness (QED) is 0.651. The van der Waals surface area contributed by atoms with E-state index in [1.54, 1.807) is 24.5 Å². The lowest BCUT2D eigenvalue weighted by Gasteiger charge is -2.34. The van der Waals surface area contributed by atoms with E-state index in [0.717, 1.165) is 50.7 Å². The van der Waals surface area contributed by atoms with Gasteiger partial charge in [0, 0.05) is 38.4 Å². The predicted molar refractivity (Wildman–Crippen MR) is 115 cm³/mol. The molecule has 1 amide bonds. The first kappa shape index (κ1) is 19.7. The molecule has 3 aromatic rings. The van der Waals surface area contributed by atoms with Crippen LogP contribution >= 0.6 is 11.6 Å². The van der Waals surface area contributed by atoms with E-state index in [1.165, 1.54) is 5.56 Å². The minimum atomic E-state index is -0.198.